The van der Waals surface area contributed by atoms with E-state index in [4.69, 9.17) is 4.74 Å². The first-order chi connectivity index (χ1) is 11.8. The zero-order valence-electron chi connectivity index (χ0n) is 15.1. The zero-order valence-corrected chi connectivity index (χ0v) is 15.1. The van der Waals surface area contributed by atoms with Gasteiger partial charge in [-0.2, -0.15) is 0 Å². The second-order valence-corrected chi connectivity index (χ2v) is 6.84. The highest BCUT2D eigenvalue weighted by atomic mass is 16.5. The van der Waals surface area contributed by atoms with Gasteiger partial charge in [0.2, 0.25) is 5.91 Å². The van der Waals surface area contributed by atoms with Crippen LogP contribution in [0.5, 0.6) is 0 Å². The molecule has 0 spiro atoms. The standard InChI is InChI=1S/C18H34N4O2/c1-2-19-18(22-14-16-9-6-12-24-16)21-11-10-20-17(23)13-15-7-4-3-5-8-15/h15-16H,2-14H2,1H3,(H,20,23)(H2,19,21,22). The molecule has 0 bridgehead atoms. The van der Waals surface area contributed by atoms with E-state index in [2.05, 4.69) is 27.9 Å². The molecule has 3 N–H and O–H groups in total. The normalized spacial score (nSPS) is 22.4. The minimum absolute atomic E-state index is 0.185. The fourth-order valence-corrected chi connectivity index (χ4v) is 3.43. The van der Waals surface area contributed by atoms with Gasteiger partial charge in [-0.3, -0.25) is 9.79 Å². The van der Waals surface area contributed by atoms with Gasteiger partial charge < -0.3 is 20.7 Å². The summed E-state index contributed by atoms with van der Waals surface area (Å²) in [5, 5.41) is 9.52. The molecule has 1 aliphatic carbocycles. The number of carbonyl (C=O) groups excluding carboxylic acids is 1. The molecular weight excluding hydrogens is 304 g/mol. The molecule has 0 aromatic rings. The van der Waals surface area contributed by atoms with Crippen LogP contribution in [0, 0.1) is 5.92 Å². The topological polar surface area (TPSA) is 74.8 Å². The van der Waals surface area contributed by atoms with Gasteiger partial charge in [0, 0.05) is 32.7 Å². The molecule has 0 radical (unpaired) electrons. The number of nitrogens with zero attached hydrogens (tertiary/aromatic N) is 1. The van der Waals surface area contributed by atoms with E-state index in [-0.39, 0.29) is 12.0 Å². The summed E-state index contributed by atoms with van der Waals surface area (Å²) in [5.74, 6) is 1.58. The maximum Gasteiger partial charge on any atom is 0.220 e. The summed E-state index contributed by atoms with van der Waals surface area (Å²) in [6.07, 6.45) is 9.51. The van der Waals surface area contributed by atoms with Gasteiger partial charge in [0.05, 0.1) is 12.6 Å². The van der Waals surface area contributed by atoms with Crippen LogP contribution in [-0.4, -0.2) is 50.8 Å². The Kier molecular flexibility index (Phi) is 8.95. The molecule has 1 unspecified atom stereocenters. The summed E-state index contributed by atoms with van der Waals surface area (Å²) < 4.78 is 5.59. The lowest BCUT2D eigenvalue weighted by atomic mass is 9.87. The number of guanidine groups is 1. The first-order valence-corrected chi connectivity index (χ1v) is 9.68. The van der Waals surface area contributed by atoms with Gasteiger partial charge in [-0.25, -0.2) is 0 Å². The average molecular weight is 338 g/mol. The number of carbonyl (C=O) groups is 1. The van der Waals surface area contributed by atoms with Crippen molar-refractivity contribution >= 4 is 11.9 Å². The molecule has 138 valence electrons. The van der Waals surface area contributed by atoms with Crippen molar-refractivity contribution in [2.45, 2.75) is 64.4 Å². The predicted octanol–water partition coefficient (Wildman–Crippen LogP) is 1.81. The number of amides is 1. The van der Waals surface area contributed by atoms with Crippen molar-refractivity contribution in [3.63, 3.8) is 0 Å². The lowest BCUT2D eigenvalue weighted by molar-refractivity contribution is -0.122. The van der Waals surface area contributed by atoms with E-state index in [1.807, 2.05) is 0 Å². The van der Waals surface area contributed by atoms with Crippen LogP contribution in [0.2, 0.25) is 0 Å². The van der Waals surface area contributed by atoms with Gasteiger partial charge in [0.25, 0.3) is 0 Å². The first kappa shape index (κ1) is 19.0. The highest BCUT2D eigenvalue weighted by Crippen LogP contribution is 2.25. The number of hydrogen-bond donors (Lipinski definition) is 3. The zero-order chi connectivity index (χ0) is 17.0. The Bertz CT molecular complexity index is 388. The third kappa shape index (κ3) is 7.51. The van der Waals surface area contributed by atoms with E-state index in [9.17, 15) is 4.79 Å². The molecule has 6 heteroatoms. The summed E-state index contributed by atoms with van der Waals surface area (Å²) in [6.45, 7) is 5.75. The van der Waals surface area contributed by atoms with Crippen LogP contribution in [0.15, 0.2) is 4.99 Å². The van der Waals surface area contributed by atoms with Crippen molar-refractivity contribution in [3.05, 3.63) is 0 Å². The van der Waals surface area contributed by atoms with E-state index in [1.54, 1.807) is 0 Å². The van der Waals surface area contributed by atoms with E-state index in [1.165, 1.54) is 32.1 Å². The molecule has 1 atom stereocenters. The van der Waals surface area contributed by atoms with Crippen molar-refractivity contribution in [1.82, 2.24) is 16.0 Å². The van der Waals surface area contributed by atoms with Crippen LogP contribution in [0.4, 0.5) is 0 Å². The summed E-state index contributed by atoms with van der Waals surface area (Å²) in [5.41, 5.74) is 0. The maximum atomic E-state index is 12.0. The van der Waals surface area contributed by atoms with Crippen LogP contribution in [0.3, 0.4) is 0 Å². The minimum Gasteiger partial charge on any atom is -0.376 e. The van der Waals surface area contributed by atoms with Gasteiger partial charge in [-0.05, 0) is 38.5 Å². The molecule has 1 saturated carbocycles. The monoisotopic (exact) mass is 338 g/mol. The Morgan fingerprint density at radius 1 is 1.04 bits per heavy atom. The molecule has 1 heterocycles. The Balaban J connectivity index is 1.58. The van der Waals surface area contributed by atoms with Crippen LogP contribution >= 0.6 is 0 Å². The van der Waals surface area contributed by atoms with Gasteiger partial charge in [-0.15, -0.1) is 0 Å². The van der Waals surface area contributed by atoms with Gasteiger partial charge in [0.1, 0.15) is 0 Å². The molecule has 0 aromatic heterocycles. The summed E-state index contributed by atoms with van der Waals surface area (Å²) in [6, 6.07) is 0. The number of nitrogens with one attached hydrogen (secondary N) is 3. The largest absolute Gasteiger partial charge is 0.376 e. The van der Waals surface area contributed by atoms with Crippen molar-refractivity contribution in [2.24, 2.45) is 10.9 Å². The van der Waals surface area contributed by atoms with Crippen molar-refractivity contribution in [3.8, 4) is 0 Å². The van der Waals surface area contributed by atoms with Crippen molar-refractivity contribution < 1.29 is 9.53 Å². The van der Waals surface area contributed by atoms with Gasteiger partial charge in [-0.1, -0.05) is 19.3 Å². The van der Waals surface area contributed by atoms with Crippen LogP contribution < -0.4 is 16.0 Å². The molecule has 6 nitrogen and oxygen atoms in total. The van der Waals surface area contributed by atoms with Crippen LogP contribution in [0.1, 0.15) is 58.3 Å². The smallest absolute Gasteiger partial charge is 0.220 e. The minimum atomic E-state index is 0.185. The Morgan fingerprint density at radius 2 is 1.83 bits per heavy atom. The third-order valence-electron chi connectivity index (χ3n) is 4.76. The van der Waals surface area contributed by atoms with Crippen LogP contribution in [0.25, 0.3) is 0 Å². The highest BCUT2D eigenvalue weighted by molar-refractivity contribution is 5.80. The molecule has 1 amide bonds. The predicted molar refractivity (Wildman–Crippen MR) is 97.2 cm³/mol. The van der Waals surface area contributed by atoms with Gasteiger partial charge >= 0.3 is 0 Å². The quantitative estimate of drug-likeness (QED) is 0.358. The summed E-state index contributed by atoms with van der Waals surface area (Å²) in [7, 11) is 0. The van der Waals surface area contributed by atoms with E-state index < -0.39 is 0 Å². The number of ether oxygens (including phenoxy) is 1. The lowest BCUT2D eigenvalue weighted by Gasteiger charge is -2.20. The van der Waals surface area contributed by atoms with Crippen LogP contribution in [-0.2, 0) is 9.53 Å². The summed E-state index contributed by atoms with van der Waals surface area (Å²) in [4.78, 5) is 16.5. The SMILES string of the molecule is CCNC(=NCC1CCCO1)NCCNC(=O)CC1CCCCC1. The summed E-state index contributed by atoms with van der Waals surface area (Å²) >= 11 is 0. The van der Waals surface area contributed by atoms with E-state index in [0.29, 0.717) is 32.0 Å². The fraction of sp³-hybridized carbons (Fsp3) is 0.889. The second kappa shape index (κ2) is 11.3. The second-order valence-electron chi connectivity index (χ2n) is 6.84. The Labute approximate surface area is 146 Å². The molecule has 1 saturated heterocycles. The average Bonchev–Trinajstić information content (AvgIpc) is 3.11. The first-order valence-electron chi connectivity index (χ1n) is 9.68. The molecule has 1 aliphatic heterocycles. The van der Waals surface area contributed by atoms with E-state index in [0.717, 1.165) is 32.0 Å². The molecule has 2 aliphatic rings. The molecule has 0 aromatic carbocycles. The van der Waals surface area contributed by atoms with Gasteiger partial charge in [0.15, 0.2) is 5.96 Å². The number of rotatable bonds is 8. The maximum absolute atomic E-state index is 12.0. The molecule has 24 heavy (non-hydrogen) atoms. The molecule has 2 fully saturated rings. The third-order valence-corrected chi connectivity index (χ3v) is 4.76. The van der Waals surface area contributed by atoms with Crippen molar-refractivity contribution in [1.29, 1.82) is 0 Å². The lowest BCUT2D eigenvalue weighted by Crippen LogP contribution is -2.42. The Morgan fingerprint density at radius 3 is 2.54 bits per heavy atom. The fourth-order valence-electron chi connectivity index (χ4n) is 3.43. The molecular formula is C18H34N4O2. The number of aliphatic imine (C=N–C) groups is 1. The van der Waals surface area contributed by atoms with E-state index >= 15 is 0 Å². The molecule has 2 rings (SSSR count). The van der Waals surface area contributed by atoms with Crippen molar-refractivity contribution in [2.75, 3.05) is 32.8 Å². The Hall–Kier alpha value is -1.30. The number of hydrogen-bond acceptors (Lipinski definition) is 3. The highest BCUT2D eigenvalue weighted by Gasteiger charge is 2.17.